The Morgan fingerprint density at radius 1 is 1.17 bits per heavy atom. The Kier molecular flexibility index (Phi) is 5.64. The van der Waals surface area contributed by atoms with Crippen LogP contribution < -0.4 is 4.74 Å². The molecule has 0 atom stereocenters. The number of hydrogen-bond acceptors (Lipinski definition) is 4. The molecule has 0 aliphatic carbocycles. The molecule has 0 bridgehead atoms. The molecule has 1 aliphatic heterocycles. The van der Waals surface area contributed by atoms with Crippen molar-refractivity contribution < 1.29 is 17.9 Å². The lowest BCUT2D eigenvalue weighted by molar-refractivity contribution is -0.134. The Morgan fingerprint density at radius 3 is 2.43 bits per heavy atom. The number of aryl methyl sites for hydroxylation is 1. The van der Waals surface area contributed by atoms with Crippen LogP contribution in [0.3, 0.4) is 0 Å². The van der Waals surface area contributed by atoms with Crippen molar-refractivity contribution >= 4 is 15.9 Å². The first-order valence-corrected chi connectivity index (χ1v) is 9.40. The van der Waals surface area contributed by atoms with E-state index in [-0.39, 0.29) is 18.3 Å². The smallest absolute Gasteiger partial charge is 0.260 e. The van der Waals surface area contributed by atoms with Crippen LogP contribution in [0.1, 0.15) is 18.1 Å². The number of hydrogen-bond donors (Lipinski definition) is 0. The molecule has 0 N–H and O–H groups in total. The van der Waals surface area contributed by atoms with Crippen LogP contribution >= 0.6 is 0 Å². The van der Waals surface area contributed by atoms with Crippen LogP contribution in [0.5, 0.6) is 5.75 Å². The maximum absolute atomic E-state index is 12.2. The summed E-state index contributed by atoms with van der Waals surface area (Å²) in [5.41, 5.74) is 2.15. The molecule has 1 aromatic rings. The minimum Gasteiger partial charge on any atom is -0.483 e. The van der Waals surface area contributed by atoms with Crippen molar-refractivity contribution in [2.45, 2.75) is 20.8 Å². The Bertz CT molecular complexity index is 665. The Hall–Kier alpha value is -1.60. The van der Waals surface area contributed by atoms with Gasteiger partial charge in [0.05, 0.1) is 5.75 Å². The number of rotatable bonds is 5. The molecule has 23 heavy (non-hydrogen) atoms. The van der Waals surface area contributed by atoms with Gasteiger partial charge in [-0.25, -0.2) is 8.42 Å². The zero-order chi connectivity index (χ0) is 17.0. The topological polar surface area (TPSA) is 66.9 Å². The van der Waals surface area contributed by atoms with Crippen LogP contribution in [-0.2, 0) is 14.8 Å². The van der Waals surface area contributed by atoms with E-state index in [0.717, 1.165) is 11.1 Å². The first-order chi connectivity index (χ1) is 10.8. The SMILES string of the molecule is CCS(=O)(=O)N1CCN(C(=O)COc2cccc(C)c2C)CC1. The van der Waals surface area contributed by atoms with Gasteiger partial charge in [0.25, 0.3) is 5.91 Å². The summed E-state index contributed by atoms with van der Waals surface area (Å²) in [6, 6.07) is 5.75. The van der Waals surface area contributed by atoms with Gasteiger partial charge in [-0.3, -0.25) is 4.79 Å². The molecule has 1 aliphatic rings. The fourth-order valence-electron chi connectivity index (χ4n) is 2.51. The molecule has 0 spiro atoms. The zero-order valence-corrected chi connectivity index (χ0v) is 14.7. The number of carbonyl (C=O) groups excluding carboxylic acids is 1. The van der Waals surface area contributed by atoms with Gasteiger partial charge in [-0.05, 0) is 38.0 Å². The average molecular weight is 340 g/mol. The minimum absolute atomic E-state index is 0.0230. The maximum Gasteiger partial charge on any atom is 0.260 e. The van der Waals surface area contributed by atoms with E-state index < -0.39 is 10.0 Å². The van der Waals surface area contributed by atoms with Gasteiger partial charge in [-0.1, -0.05) is 12.1 Å². The van der Waals surface area contributed by atoms with Crippen LogP contribution in [-0.4, -0.2) is 62.1 Å². The zero-order valence-electron chi connectivity index (χ0n) is 13.9. The average Bonchev–Trinajstić information content (AvgIpc) is 2.56. The number of piperazine rings is 1. The summed E-state index contributed by atoms with van der Waals surface area (Å²) >= 11 is 0. The van der Waals surface area contributed by atoms with Gasteiger partial charge >= 0.3 is 0 Å². The highest BCUT2D eigenvalue weighted by Crippen LogP contribution is 2.20. The molecule has 0 saturated carbocycles. The van der Waals surface area contributed by atoms with Crippen LogP contribution in [0.4, 0.5) is 0 Å². The molecule has 0 unspecified atom stereocenters. The van der Waals surface area contributed by atoms with Crippen LogP contribution in [0.15, 0.2) is 18.2 Å². The van der Waals surface area contributed by atoms with Gasteiger partial charge in [0, 0.05) is 26.2 Å². The molecule has 6 nitrogen and oxygen atoms in total. The van der Waals surface area contributed by atoms with Crippen molar-refractivity contribution in [1.82, 2.24) is 9.21 Å². The highest BCUT2D eigenvalue weighted by atomic mass is 32.2. The second-order valence-corrected chi connectivity index (χ2v) is 7.92. The van der Waals surface area contributed by atoms with E-state index in [4.69, 9.17) is 4.74 Å². The lowest BCUT2D eigenvalue weighted by Crippen LogP contribution is -2.51. The summed E-state index contributed by atoms with van der Waals surface area (Å²) in [6.07, 6.45) is 0. The van der Waals surface area contributed by atoms with Crippen molar-refractivity contribution in [1.29, 1.82) is 0 Å². The molecule has 7 heteroatoms. The number of sulfonamides is 1. The summed E-state index contributed by atoms with van der Waals surface area (Å²) in [5, 5.41) is 0. The molecule has 1 heterocycles. The molecule has 0 radical (unpaired) electrons. The molecule has 1 aromatic carbocycles. The molecular weight excluding hydrogens is 316 g/mol. The number of carbonyl (C=O) groups is 1. The van der Waals surface area contributed by atoms with Gasteiger partial charge in [-0.2, -0.15) is 4.31 Å². The third-order valence-corrected chi connectivity index (χ3v) is 6.14. The third kappa shape index (κ3) is 4.23. The summed E-state index contributed by atoms with van der Waals surface area (Å²) in [6.45, 7) is 7.09. The highest BCUT2D eigenvalue weighted by Gasteiger charge is 2.27. The molecule has 1 saturated heterocycles. The van der Waals surface area contributed by atoms with E-state index >= 15 is 0 Å². The molecule has 128 valence electrons. The standard InChI is InChI=1S/C16H24N2O4S/c1-4-23(20,21)18-10-8-17(9-11-18)16(19)12-22-15-7-5-6-13(2)14(15)3/h5-7H,4,8-12H2,1-3H3. The van der Waals surface area contributed by atoms with Crippen LogP contribution in [0.25, 0.3) is 0 Å². The predicted octanol–water partition coefficient (Wildman–Crippen LogP) is 1.18. The molecule has 0 aromatic heterocycles. The number of benzene rings is 1. The van der Waals surface area contributed by atoms with Crippen LogP contribution in [0, 0.1) is 13.8 Å². The van der Waals surface area contributed by atoms with Crippen molar-refractivity contribution in [2.24, 2.45) is 0 Å². The normalized spacial score (nSPS) is 16.4. The fourth-order valence-corrected chi connectivity index (χ4v) is 3.59. The molecule has 1 amide bonds. The van der Waals surface area contributed by atoms with E-state index in [0.29, 0.717) is 31.9 Å². The van der Waals surface area contributed by atoms with Gasteiger partial charge in [0.1, 0.15) is 5.75 Å². The summed E-state index contributed by atoms with van der Waals surface area (Å²) in [5.74, 6) is 0.696. The Labute approximate surface area is 138 Å². The Morgan fingerprint density at radius 2 is 1.83 bits per heavy atom. The summed E-state index contributed by atoms with van der Waals surface area (Å²) in [4.78, 5) is 13.9. The van der Waals surface area contributed by atoms with Crippen molar-refractivity contribution in [3.63, 3.8) is 0 Å². The largest absolute Gasteiger partial charge is 0.483 e. The van der Waals surface area contributed by atoms with E-state index in [1.807, 2.05) is 32.0 Å². The van der Waals surface area contributed by atoms with Crippen molar-refractivity contribution in [3.05, 3.63) is 29.3 Å². The molecule has 2 rings (SSSR count). The lowest BCUT2D eigenvalue weighted by atomic mass is 10.1. The fraction of sp³-hybridized carbons (Fsp3) is 0.562. The van der Waals surface area contributed by atoms with Gasteiger partial charge in [0.15, 0.2) is 6.61 Å². The van der Waals surface area contributed by atoms with E-state index in [1.165, 1.54) is 4.31 Å². The maximum atomic E-state index is 12.2. The second kappa shape index (κ2) is 7.31. The van der Waals surface area contributed by atoms with Crippen molar-refractivity contribution in [3.8, 4) is 5.75 Å². The van der Waals surface area contributed by atoms with Gasteiger partial charge < -0.3 is 9.64 Å². The minimum atomic E-state index is -3.17. The lowest BCUT2D eigenvalue weighted by Gasteiger charge is -2.33. The van der Waals surface area contributed by atoms with Crippen molar-refractivity contribution in [2.75, 3.05) is 38.5 Å². The molecule has 1 fully saturated rings. The second-order valence-electron chi connectivity index (χ2n) is 5.67. The first kappa shape index (κ1) is 17.7. The van der Waals surface area contributed by atoms with Crippen LogP contribution in [0.2, 0.25) is 0 Å². The number of ether oxygens (including phenoxy) is 1. The molecular formula is C16H24N2O4S. The number of nitrogens with zero attached hydrogens (tertiary/aromatic N) is 2. The van der Waals surface area contributed by atoms with E-state index in [1.54, 1.807) is 11.8 Å². The van der Waals surface area contributed by atoms with Gasteiger partial charge in [-0.15, -0.1) is 0 Å². The van der Waals surface area contributed by atoms with E-state index in [2.05, 4.69) is 0 Å². The highest BCUT2D eigenvalue weighted by molar-refractivity contribution is 7.89. The van der Waals surface area contributed by atoms with Gasteiger partial charge in [0.2, 0.25) is 10.0 Å². The monoisotopic (exact) mass is 340 g/mol. The Balaban J connectivity index is 1.87. The summed E-state index contributed by atoms with van der Waals surface area (Å²) < 4.78 is 30.7. The quantitative estimate of drug-likeness (QED) is 0.807. The first-order valence-electron chi connectivity index (χ1n) is 7.79. The number of amides is 1. The third-order valence-electron chi connectivity index (χ3n) is 4.26. The van der Waals surface area contributed by atoms with E-state index in [9.17, 15) is 13.2 Å². The predicted molar refractivity (Wildman–Crippen MR) is 89.0 cm³/mol. The summed E-state index contributed by atoms with van der Waals surface area (Å²) in [7, 11) is -3.17.